The molecule has 30 heavy (non-hydrogen) atoms. The van der Waals surface area contributed by atoms with Crippen molar-refractivity contribution in [2.24, 2.45) is 0 Å². The van der Waals surface area contributed by atoms with E-state index in [-0.39, 0.29) is 18.2 Å². The number of hydrogen-bond acceptors (Lipinski definition) is 6. The first kappa shape index (κ1) is 21.7. The first-order valence-electron chi connectivity index (χ1n) is 9.89. The molecule has 0 aliphatic heterocycles. The molecule has 0 unspecified atom stereocenters. The van der Waals surface area contributed by atoms with E-state index in [1.54, 1.807) is 18.4 Å². The molecule has 1 aromatic carbocycles. The summed E-state index contributed by atoms with van der Waals surface area (Å²) in [5, 5.41) is 7.89. The molecule has 8 heteroatoms. The number of aryl methyl sites for hydroxylation is 1. The van der Waals surface area contributed by atoms with Crippen LogP contribution in [0.2, 0.25) is 0 Å². The summed E-state index contributed by atoms with van der Waals surface area (Å²) in [5.74, 6) is 0.118. The molecule has 0 fully saturated rings. The average Bonchev–Trinajstić information content (AvgIpc) is 3.34. The van der Waals surface area contributed by atoms with Gasteiger partial charge < -0.3 is 9.73 Å². The van der Waals surface area contributed by atoms with Gasteiger partial charge in [-0.2, -0.15) is 0 Å². The average molecular weight is 427 g/mol. The van der Waals surface area contributed by atoms with Gasteiger partial charge in [0.2, 0.25) is 5.91 Å². The Morgan fingerprint density at radius 1 is 1.17 bits per heavy atom. The topological polar surface area (TPSA) is 87.5 Å². The van der Waals surface area contributed by atoms with Crippen molar-refractivity contribution >= 4 is 34.0 Å². The van der Waals surface area contributed by atoms with Crippen molar-refractivity contribution in [2.75, 3.05) is 23.7 Å². The van der Waals surface area contributed by atoms with E-state index in [9.17, 15) is 9.59 Å². The van der Waals surface area contributed by atoms with Crippen molar-refractivity contribution < 1.29 is 14.0 Å². The molecule has 0 radical (unpaired) electrons. The Morgan fingerprint density at radius 2 is 1.97 bits per heavy atom. The number of carbonyl (C=O) groups is 2. The Bertz CT molecular complexity index is 1010. The fourth-order valence-electron chi connectivity index (χ4n) is 3.05. The van der Waals surface area contributed by atoms with E-state index >= 15 is 0 Å². The second kappa shape index (κ2) is 10.2. The fourth-order valence-corrected chi connectivity index (χ4v) is 3.76. The zero-order chi connectivity index (χ0) is 21.5. The highest BCUT2D eigenvalue weighted by atomic mass is 32.1. The van der Waals surface area contributed by atoms with Crippen molar-refractivity contribution in [2.45, 2.75) is 33.7 Å². The standard InChI is InChI=1S/C22H26N4O3S/c1-4-26(5-2)13-16-7-6-8-17(11-16)23-20(27)12-18-14-30-22(24-18)25-21(28)19-9-10-29-15(19)3/h6-11,14H,4-5,12-13H2,1-3H3,(H,23,27)(H,24,25,28). The summed E-state index contributed by atoms with van der Waals surface area (Å²) in [4.78, 5) is 31.3. The van der Waals surface area contributed by atoms with E-state index in [1.807, 2.05) is 18.2 Å². The van der Waals surface area contributed by atoms with Crippen molar-refractivity contribution in [3.8, 4) is 0 Å². The molecule has 0 spiro atoms. The molecule has 2 aromatic heterocycles. The lowest BCUT2D eigenvalue weighted by molar-refractivity contribution is -0.115. The molecule has 7 nitrogen and oxygen atoms in total. The van der Waals surface area contributed by atoms with Gasteiger partial charge in [0.15, 0.2) is 5.13 Å². The summed E-state index contributed by atoms with van der Waals surface area (Å²) in [6.07, 6.45) is 1.61. The molecule has 0 aliphatic carbocycles. The van der Waals surface area contributed by atoms with Crippen LogP contribution in [0.1, 0.15) is 41.2 Å². The summed E-state index contributed by atoms with van der Waals surface area (Å²) < 4.78 is 5.15. The maximum Gasteiger partial charge on any atom is 0.260 e. The molecule has 0 atom stereocenters. The lowest BCUT2D eigenvalue weighted by atomic mass is 10.2. The predicted octanol–water partition coefficient (Wildman–Crippen LogP) is 4.32. The second-order valence-electron chi connectivity index (χ2n) is 6.88. The number of aromatic nitrogens is 1. The molecule has 0 aliphatic rings. The molecule has 2 amide bonds. The van der Waals surface area contributed by atoms with Crippen LogP contribution in [-0.4, -0.2) is 34.8 Å². The summed E-state index contributed by atoms with van der Waals surface area (Å²) in [6, 6.07) is 9.49. The normalized spacial score (nSPS) is 10.9. The van der Waals surface area contributed by atoms with Gasteiger partial charge in [0.05, 0.1) is 23.9 Å². The van der Waals surface area contributed by atoms with Gasteiger partial charge in [-0.3, -0.25) is 19.8 Å². The van der Waals surface area contributed by atoms with Gasteiger partial charge in [-0.1, -0.05) is 26.0 Å². The molecular formula is C22H26N4O3S. The van der Waals surface area contributed by atoms with Crippen LogP contribution in [0.25, 0.3) is 0 Å². The third-order valence-electron chi connectivity index (χ3n) is 4.73. The highest BCUT2D eigenvalue weighted by molar-refractivity contribution is 7.14. The molecule has 3 rings (SSSR count). The highest BCUT2D eigenvalue weighted by Crippen LogP contribution is 2.19. The Balaban J connectivity index is 1.56. The predicted molar refractivity (Wildman–Crippen MR) is 119 cm³/mol. The smallest absolute Gasteiger partial charge is 0.260 e. The zero-order valence-corrected chi connectivity index (χ0v) is 18.2. The molecule has 0 saturated carbocycles. The van der Waals surface area contributed by atoms with E-state index in [0.717, 1.165) is 30.9 Å². The molecule has 3 aromatic rings. The van der Waals surface area contributed by atoms with E-state index in [1.165, 1.54) is 17.6 Å². The molecule has 158 valence electrons. The lowest BCUT2D eigenvalue weighted by Crippen LogP contribution is -2.22. The number of nitrogens with zero attached hydrogens (tertiary/aromatic N) is 2. The number of furan rings is 1. The number of carbonyl (C=O) groups excluding carboxylic acids is 2. The van der Waals surface area contributed by atoms with Gasteiger partial charge in [-0.05, 0) is 43.8 Å². The number of rotatable bonds is 9. The summed E-state index contributed by atoms with van der Waals surface area (Å²) in [5.41, 5.74) is 3.00. The molecule has 2 heterocycles. The van der Waals surface area contributed by atoms with Gasteiger partial charge >= 0.3 is 0 Å². The van der Waals surface area contributed by atoms with Gasteiger partial charge in [-0.25, -0.2) is 4.98 Å². The van der Waals surface area contributed by atoms with E-state index < -0.39 is 0 Å². The minimum Gasteiger partial charge on any atom is -0.469 e. The van der Waals surface area contributed by atoms with E-state index in [4.69, 9.17) is 4.42 Å². The first-order chi connectivity index (χ1) is 14.5. The molecule has 0 saturated heterocycles. The van der Waals surface area contributed by atoms with Crippen LogP contribution in [0.3, 0.4) is 0 Å². The zero-order valence-electron chi connectivity index (χ0n) is 17.4. The fraction of sp³-hybridized carbons (Fsp3) is 0.318. The third-order valence-corrected chi connectivity index (χ3v) is 5.54. The number of anilines is 2. The first-order valence-corrected chi connectivity index (χ1v) is 10.8. The molecular weight excluding hydrogens is 400 g/mol. The highest BCUT2D eigenvalue weighted by Gasteiger charge is 2.14. The summed E-state index contributed by atoms with van der Waals surface area (Å²) in [7, 11) is 0. The van der Waals surface area contributed by atoms with E-state index in [0.29, 0.717) is 22.1 Å². The summed E-state index contributed by atoms with van der Waals surface area (Å²) >= 11 is 1.28. The Morgan fingerprint density at radius 3 is 2.67 bits per heavy atom. The van der Waals surface area contributed by atoms with Crippen molar-refractivity contribution in [1.82, 2.24) is 9.88 Å². The Labute approximate surface area is 180 Å². The SMILES string of the molecule is CCN(CC)Cc1cccc(NC(=O)Cc2csc(NC(=O)c3ccoc3C)n2)c1. The van der Waals surface area contributed by atoms with Crippen LogP contribution < -0.4 is 10.6 Å². The van der Waals surface area contributed by atoms with Gasteiger partial charge in [-0.15, -0.1) is 11.3 Å². The van der Waals surface area contributed by atoms with Crippen molar-refractivity contribution in [1.29, 1.82) is 0 Å². The Kier molecular flexibility index (Phi) is 7.37. The van der Waals surface area contributed by atoms with Crippen LogP contribution in [0.4, 0.5) is 10.8 Å². The van der Waals surface area contributed by atoms with Gasteiger partial charge in [0, 0.05) is 17.6 Å². The van der Waals surface area contributed by atoms with Crippen LogP contribution in [0.5, 0.6) is 0 Å². The minimum absolute atomic E-state index is 0.136. The van der Waals surface area contributed by atoms with Gasteiger partial charge in [0.1, 0.15) is 5.76 Å². The molecule has 2 N–H and O–H groups in total. The van der Waals surface area contributed by atoms with Crippen LogP contribution in [0, 0.1) is 6.92 Å². The monoisotopic (exact) mass is 426 g/mol. The third kappa shape index (κ3) is 5.77. The number of hydrogen-bond donors (Lipinski definition) is 2. The maximum atomic E-state index is 12.4. The maximum absolute atomic E-state index is 12.4. The number of thiazole rings is 1. The van der Waals surface area contributed by atoms with Crippen LogP contribution >= 0.6 is 11.3 Å². The largest absolute Gasteiger partial charge is 0.469 e. The van der Waals surface area contributed by atoms with Crippen molar-refractivity contribution in [3.05, 3.63) is 64.6 Å². The van der Waals surface area contributed by atoms with Crippen LogP contribution in [-0.2, 0) is 17.8 Å². The number of amides is 2. The van der Waals surface area contributed by atoms with E-state index in [2.05, 4.69) is 40.4 Å². The number of nitrogens with one attached hydrogen (secondary N) is 2. The van der Waals surface area contributed by atoms with Gasteiger partial charge in [0.25, 0.3) is 5.91 Å². The number of benzene rings is 1. The summed E-state index contributed by atoms with van der Waals surface area (Å²) in [6.45, 7) is 8.81. The Hall–Kier alpha value is -2.97. The molecule has 0 bridgehead atoms. The lowest BCUT2D eigenvalue weighted by Gasteiger charge is -2.18. The minimum atomic E-state index is -0.281. The second-order valence-corrected chi connectivity index (χ2v) is 7.73. The van der Waals surface area contributed by atoms with Crippen molar-refractivity contribution in [3.63, 3.8) is 0 Å². The quantitative estimate of drug-likeness (QED) is 0.532. The van der Waals surface area contributed by atoms with Crippen LogP contribution in [0.15, 0.2) is 46.4 Å².